The van der Waals surface area contributed by atoms with Gasteiger partial charge in [-0.3, -0.25) is 19.6 Å². The van der Waals surface area contributed by atoms with E-state index in [1.807, 2.05) is 18.2 Å². The third-order valence-electron chi connectivity index (χ3n) is 35.4. The van der Waals surface area contributed by atoms with E-state index in [2.05, 4.69) is 379 Å². The van der Waals surface area contributed by atoms with Crippen molar-refractivity contribution in [2.45, 2.75) is 235 Å². The van der Waals surface area contributed by atoms with Gasteiger partial charge in [0, 0.05) is 78.5 Å². The lowest BCUT2D eigenvalue weighted by Gasteiger charge is -2.50. The molecule has 10 heterocycles. The number of aryl methyl sites for hydroxylation is 3. The Kier molecular flexibility index (Phi) is 26.7. The van der Waals surface area contributed by atoms with Crippen molar-refractivity contribution in [2.24, 2.45) is 0 Å². The minimum atomic E-state index is -0.240. The van der Waals surface area contributed by atoms with Crippen LogP contribution in [0.1, 0.15) is 230 Å². The summed E-state index contributed by atoms with van der Waals surface area (Å²) in [7, 11) is 17.9. The highest BCUT2D eigenvalue weighted by molar-refractivity contribution is 9.10. The number of fused-ring (bicyclic) bond motifs is 20. The molecule has 0 radical (unpaired) electrons. The van der Waals surface area contributed by atoms with Crippen LogP contribution in [0.25, 0.3) is 52.9 Å². The molecule has 10 aliphatic rings. The molecule has 5 aromatic heterocycles. The van der Waals surface area contributed by atoms with Crippen molar-refractivity contribution in [3.63, 3.8) is 0 Å². The highest BCUT2D eigenvalue weighted by Gasteiger charge is 2.55. The van der Waals surface area contributed by atoms with Crippen LogP contribution in [-0.2, 0) is 100 Å². The maximum Gasteiger partial charge on any atom is 0.123 e. The van der Waals surface area contributed by atoms with Crippen LogP contribution in [0.2, 0.25) is 0 Å². The Morgan fingerprint density at radius 3 is 1.07 bits per heavy atom. The Labute approximate surface area is 841 Å². The fourth-order valence-electron chi connectivity index (χ4n) is 27.2. The lowest BCUT2D eigenvalue weighted by Crippen LogP contribution is -2.50. The molecule has 5 fully saturated rings. The number of hydrogen-bond acceptors (Lipinski definition) is 12. The number of thioether (sulfide) groups is 2. The van der Waals surface area contributed by atoms with E-state index in [0.717, 1.165) is 149 Å². The summed E-state index contributed by atoms with van der Waals surface area (Å²) in [5, 5.41) is 16.5. The molecule has 5 saturated carbocycles. The van der Waals surface area contributed by atoms with Crippen LogP contribution >= 0.6 is 62.1 Å². The lowest BCUT2D eigenvalue weighted by molar-refractivity contribution is -0.113. The summed E-state index contributed by atoms with van der Waals surface area (Å²) in [6.45, 7) is 6.77. The molecule has 5 aliphatic carbocycles. The number of nitrogens with one attached hydrogen (secondary N) is 3. The fraction of sp³-hybridized carbons (Fsp3) is 0.421. The van der Waals surface area contributed by atoms with Crippen molar-refractivity contribution in [1.29, 1.82) is 0 Å². The summed E-state index contributed by atoms with van der Waals surface area (Å²) in [6.07, 6.45) is 29.1. The number of H-pyrrole nitrogens is 3. The zero-order valence-corrected chi connectivity index (χ0v) is 87.3. The largest absolute Gasteiger partial charge is 0.508 e. The summed E-state index contributed by atoms with van der Waals surface area (Å²) >= 11 is 12.3. The number of hydrogen-bond donors (Lipinski definition) is 4. The number of ether oxygens (including phenoxy) is 3. The van der Waals surface area contributed by atoms with E-state index in [1.165, 1.54) is 180 Å². The number of phenolic OH excluding ortho intramolecular Hbond substituents is 1. The van der Waals surface area contributed by atoms with Gasteiger partial charge < -0.3 is 34.3 Å². The molecule has 0 saturated heterocycles. The molecule has 11 nitrogen and oxygen atoms in total. The second kappa shape index (κ2) is 38.6. The summed E-state index contributed by atoms with van der Waals surface area (Å²) in [6, 6.07) is 88.7. The smallest absolute Gasteiger partial charge is 0.123 e. The standard InChI is InChI=1S/C25H29NS2.C24H27BrN2O.C24H26FNO.C24H28N2O2.C24H27NS2/c1-18-8-10-19(11-9-18)24(26(2)3)13-15-25(16-14-24)23-21(12-17-27-25)20-6-4-5-7-22(20)28-23;1-27(2)23(17-6-4-3-5-7-17)11-13-24(14-12-23)22-19(10-15-28-24)20-16-18(25)8-9-21(20)26-22;1-2-23(17-6-4-3-5-7-17)11-13-24(14-12-23)22-19(10-15-27-24)20-16-18(25)8-9-21(20)26-22;1-26(2)23(17-6-4-3-5-7-17)11-13-24(14-12-23)22-19(10-15-28-24)20-16-18(27)8-9-21(20)25-22;1-25(2)23(18-8-4-3-5-9-18)13-15-24(16-14-23)22-20(12-17-26-24)19-10-6-7-11-21(19)27-22/h4-11H,12-17H2,1-3H3;3-9,16,26H,10-15H2,1-2H3;3-9,16,26H,2,10-15H2,1H3;3-9,16,25,27H,10-15H2,1-2H3;3-11H,12-17H2,1-2H3. The highest BCUT2D eigenvalue weighted by Crippen LogP contribution is 2.64. The van der Waals surface area contributed by atoms with Crippen LogP contribution in [-0.4, -0.2) is 127 Å². The van der Waals surface area contributed by atoms with E-state index in [4.69, 9.17) is 14.2 Å². The topological polar surface area (TPSA) is 108 Å². The number of aromatic nitrogens is 3. The summed E-state index contributed by atoms with van der Waals surface area (Å²) in [4.78, 5) is 24.2. The molecule has 4 N–H and O–H groups in total. The molecule has 0 amide bonds. The Morgan fingerprint density at radius 1 is 0.341 bits per heavy atom. The number of thiophene rings is 2. The Bertz CT molecular complexity index is 6650. The van der Waals surface area contributed by atoms with E-state index in [-0.39, 0.29) is 50.2 Å². The minimum Gasteiger partial charge on any atom is -0.508 e. The molecule has 5 aliphatic heterocycles. The van der Waals surface area contributed by atoms with E-state index in [9.17, 15) is 9.50 Å². The van der Waals surface area contributed by atoms with Crippen LogP contribution < -0.4 is 0 Å². The van der Waals surface area contributed by atoms with Crippen molar-refractivity contribution in [3.8, 4) is 5.75 Å². The van der Waals surface area contributed by atoms with Gasteiger partial charge in [0.1, 0.15) is 28.4 Å². The third-order valence-corrected chi connectivity index (χ3v) is 42.2. The van der Waals surface area contributed by atoms with Gasteiger partial charge in [-0.15, -0.1) is 46.2 Å². The second-order valence-electron chi connectivity index (χ2n) is 42.5. The SMILES string of the molecule is CCC1(c2ccccc2)CCC2(CC1)OCCc1c2[nH]c2ccc(F)cc12.CN(C)C1(c2ccccc2)CCC2(CC1)OCCc1c2[nH]c2ccc(Br)cc12.CN(C)C1(c2ccccc2)CCC2(CC1)OCCc1c2[nH]c2ccc(O)cc12.CN(C)C1(c2ccccc2)CCC2(CC1)SCCc1c2sc2ccccc12.Cc1ccc(C2(N(C)C)CCC3(CC2)SCCc2c3sc3ccccc23)cc1. The molecule has 15 aromatic rings. The number of rotatable bonds is 10. The number of benzene rings is 10. The maximum atomic E-state index is 13.8. The zero-order valence-electron chi connectivity index (χ0n) is 82.4. The second-order valence-corrected chi connectivity index (χ2v) is 48.5. The summed E-state index contributed by atoms with van der Waals surface area (Å²) < 4.78 is 38.1. The molecule has 5 spiro atoms. The zero-order chi connectivity index (χ0) is 95.0. The average molecular weight is 1980 g/mol. The van der Waals surface area contributed by atoms with Crippen LogP contribution in [0.3, 0.4) is 0 Å². The van der Waals surface area contributed by atoms with Crippen LogP contribution in [0.15, 0.2) is 253 Å². The van der Waals surface area contributed by atoms with Crippen LogP contribution in [0.5, 0.6) is 5.75 Å². The number of aromatic amines is 3. The van der Waals surface area contributed by atoms with Crippen molar-refractivity contribution in [1.82, 2.24) is 34.6 Å². The predicted molar refractivity (Wildman–Crippen MR) is 580 cm³/mol. The fourth-order valence-corrected chi connectivity index (χ4v) is 33.8. The van der Waals surface area contributed by atoms with Gasteiger partial charge >= 0.3 is 0 Å². The molecule has 0 bridgehead atoms. The molecule has 0 unspecified atom stereocenters. The van der Waals surface area contributed by atoms with Crippen LogP contribution in [0, 0.1) is 12.7 Å². The van der Waals surface area contributed by atoms with Crippen molar-refractivity contribution >= 4 is 115 Å². The monoisotopic (exact) mass is 1980 g/mol. The molecule has 25 rings (SSSR count). The molecule has 718 valence electrons. The number of halogens is 2. The first-order chi connectivity index (χ1) is 66.9. The molecular weight excluding hydrogens is 1840 g/mol. The minimum absolute atomic E-state index is 0.0533. The quantitative estimate of drug-likeness (QED) is 0.106. The van der Waals surface area contributed by atoms with E-state index in [0.29, 0.717) is 15.2 Å². The van der Waals surface area contributed by atoms with E-state index >= 15 is 0 Å². The number of aromatic hydroxyl groups is 1. The Hall–Kier alpha value is -8.63. The Balaban J connectivity index is 0.000000103. The first kappa shape index (κ1) is 95.6. The predicted octanol–water partition coefficient (Wildman–Crippen LogP) is 29.5. The first-order valence-electron chi connectivity index (χ1n) is 51.1. The van der Waals surface area contributed by atoms with Gasteiger partial charge in [-0.1, -0.05) is 210 Å². The number of phenols is 1. The maximum absolute atomic E-state index is 13.8. The van der Waals surface area contributed by atoms with Crippen molar-refractivity contribution < 1.29 is 23.7 Å². The lowest BCUT2D eigenvalue weighted by atomic mass is 9.62. The molecule has 0 atom stereocenters. The van der Waals surface area contributed by atoms with Gasteiger partial charge in [0.15, 0.2) is 0 Å². The molecule has 138 heavy (non-hydrogen) atoms. The average Bonchev–Trinajstić information content (AvgIpc) is 1.54. The Morgan fingerprint density at radius 2 is 0.674 bits per heavy atom. The van der Waals surface area contributed by atoms with Gasteiger partial charge in [0.05, 0.1) is 46.4 Å². The molecular formula is C121H137BrFN7O4S4. The van der Waals surface area contributed by atoms with Gasteiger partial charge in [-0.25, -0.2) is 4.39 Å². The first-order valence-corrected chi connectivity index (χ1v) is 55.5. The highest BCUT2D eigenvalue weighted by atomic mass is 79.9. The van der Waals surface area contributed by atoms with Gasteiger partial charge in [0.25, 0.3) is 0 Å². The molecule has 17 heteroatoms. The van der Waals surface area contributed by atoms with Gasteiger partial charge in [0.2, 0.25) is 0 Å². The van der Waals surface area contributed by atoms with Crippen LogP contribution in [0.4, 0.5) is 4.39 Å². The summed E-state index contributed by atoms with van der Waals surface area (Å²) in [5.74, 6) is 2.71. The van der Waals surface area contributed by atoms with Gasteiger partial charge in [-0.05, 0) is 380 Å². The van der Waals surface area contributed by atoms with Gasteiger partial charge in [-0.2, -0.15) is 0 Å². The van der Waals surface area contributed by atoms with Crippen molar-refractivity contribution in [3.05, 3.63) is 347 Å². The molecule has 10 aromatic carbocycles. The third kappa shape index (κ3) is 17.0. The summed E-state index contributed by atoms with van der Waals surface area (Å²) in [5.41, 5.74) is 23.2. The van der Waals surface area contributed by atoms with E-state index in [1.54, 1.807) is 33.0 Å². The number of nitrogens with zero attached hydrogens (tertiary/aromatic N) is 4. The van der Waals surface area contributed by atoms with E-state index < -0.39 is 0 Å². The van der Waals surface area contributed by atoms with Crippen molar-refractivity contribution in [2.75, 3.05) is 87.7 Å². The normalized spacial score (nSPS) is 27.6.